The Morgan fingerprint density at radius 2 is 2.15 bits per heavy atom. The van der Waals surface area contributed by atoms with Crippen molar-refractivity contribution >= 4 is 33.2 Å². The zero-order valence-corrected chi connectivity index (χ0v) is 12.5. The molecule has 1 aliphatic rings. The van der Waals surface area contributed by atoms with E-state index in [1.807, 2.05) is 0 Å². The van der Waals surface area contributed by atoms with Crippen molar-refractivity contribution in [1.29, 1.82) is 0 Å². The Kier molecular flexibility index (Phi) is 4.22. The van der Waals surface area contributed by atoms with Gasteiger partial charge in [-0.15, -0.1) is 0 Å². The van der Waals surface area contributed by atoms with E-state index in [1.165, 1.54) is 23.1 Å². The summed E-state index contributed by atoms with van der Waals surface area (Å²) >= 11 is 5.75. The van der Waals surface area contributed by atoms with E-state index in [1.54, 1.807) is 7.05 Å². The van der Waals surface area contributed by atoms with Gasteiger partial charge in [0.2, 0.25) is 15.9 Å². The molecule has 1 aromatic rings. The molecule has 1 aromatic carbocycles. The van der Waals surface area contributed by atoms with Gasteiger partial charge >= 0.3 is 0 Å². The Morgan fingerprint density at radius 3 is 2.75 bits per heavy atom. The van der Waals surface area contributed by atoms with Crippen LogP contribution in [0.15, 0.2) is 23.1 Å². The number of hydrogen-bond acceptors (Lipinski definition) is 4. The number of carbonyl (C=O) groups excluding carboxylic acids is 1. The number of nitrogen functional groups attached to an aromatic ring is 1. The molecule has 6 nitrogen and oxygen atoms in total. The maximum absolute atomic E-state index is 12.3. The number of likely N-dealkylation sites (tertiary alicyclic amines) is 1. The van der Waals surface area contributed by atoms with Crippen LogP contribution in [-0.4, -0.2) is 38.9 Å². The van der Waals surface area contributed by atoms with Crippen LogP contribution in [0.3, 0.4) is 0 Å². The largest absolute Gasteiger partial charge is 0.398 e. The SMILES string of the molecule is CN1CC(NS(=O)(=O)c2ccc(Cl)cc2N)CCC1=O. The van der Waals surface area contributed by atoms with E-state index >= 15 is 0 Å². The maximum Gasteiger partial charge on any atom is 0.242 e. The number of amides is 1. The van der Waals surface area contributed by atoms with Gasteiger partial charge in [-0.2, -0.15) is 0 Å². The van der Waals surface area contributed by atoms with Gasteiger partial charge < -0.3 is 10.6 Å². The van der Waals surface area contributed by atoms with Gasteiger partial charge in [0.1, 0.15) is 4.90 Å². The third-order valence-corrected chi connectivity index (χ3v) is 5.04. The molecule has 0 radical (unpaired) electrons. The molecule has 1 unspecified atom stereocenters. The average molecular weight is 318 g/mol. The lowest BCUT2D eigenvalue weighted by atomic mass is 10.1. The first kappa shape index (κ1) is 15.1. The number of benzene rings is 1. The van der Waals surface area contributed by atoms with E-state index < -0.39 is 10.0 Å². The monoisotopic (exact) mass is 317 g/mol. The zero-order chi connectivity index (χ0) is 14.9. The summed E-state index contributed by atoms with van der Waals surface area (Å²) in [7, 11) is -2.07. The molecular formula is C12H16ClN3O3S. The molecule has 0 aromatic heterocycles. The molecule has 20 heavy (non-hydrogen) atoms. The zero-order valence-electron chi connectivity index (χ0n) is 11.0. The minimum Gasteiger partial charge on any atom is -0.398 e. The number of nitrogens with zero attached hydrogens (tertiary/aromatic N) is 1. The number of sulfonamides is 1. The van der Waals surface area contributed by atoms with Crippen molar-refractivity contribution in [2.45, 2.75) is 23.8 Å². The summed E-state index contributed by atoms with van der Waals surface area (Å²) in [6, 6.07) is 3.94. The van der Waals surface area contributed by atoms with Gasteiger partial charge in [0.05, 0.1) is 5.69 Å². The summed E-state index contributed by atoms with van der Waals surface area (Å²) in [5.41, 5.74) is 5.80. The number of anilines is 1. The second-order valence-corrected chi connectivity index (χ2v) is 6.93. The van der Waals surface area contributed by atoms with Crippen molar-refractivity contribution in [3.8, 4) is 0 Å². The third kappa shape index (κ3) is 3.23. The van der Waals surface area contributed by atoms with Crippen molar-refractivity contribution in [3.05, 3.63) is 23.2 Å². The molecule has 0 saturated carbocycles. The molecule has 8 heteroatoms. The Hall–Kier alpha value is -1.31. The van der Waals surface area contributed by atoms with Crippen LogP contribution >= 0.6 is 11.6 Å². The van der Waals surface area contributed by atoms with Crippen LogP contribution in [0.2, 0.25) is 5.02 Å². The van der Waals surface area contributed by atoms with Crippen LogP contribution in [-0.2, 0) is 14.8 Å². The molecule has 110 valence electrons. The molecule has 1 fully saturated rings. The number of nitrogens with one attached hydrogen (secondary N) is 1. The van der Waals surface area contributed by atoms with E-state index in [9.17, 15) is 13.2 Å². The van der Waals surface area contributed by atoms with Crippen LogP contribution < -0.4 is 10.5 Å². The highest BCUT2D eigenvalue weighted by atomic mass is 35.5. The first-order chi connectivity index (χ1) is 9.29. The van der Waals surface area contributed by atoms with E-state index in [0.29, 0.717) is 24.4 Å². The number of rotatable bonds is 3. The molecule has 0 bridgehead atoms. The van der Waals surface area contributed by atoms with Gasteiger partial charge in [-0.1, -0.05) is 11.6 Å². The van der Waals surface area contributed by atoms with Crippen LogP contribution in [0, 0.1) is 0 Å². The predicted molar refractivity (Wildman–Crippen MR) is 76.8 cm³/mol. The van der Waals surface area contributed by atoms with E-state index in [2.05, 4.69) is 4.72 Å². The fourth-order valence-electron chi connectivity index (χ4n) is 2.16. The van der Waals surface area contributed by atoms with E-state index in [0.717, 1.165) is 0 Å². The van der Waals surface area contributed by atoms with Crippen LogP contribution in [0.25, 0.3) is 0 Å². The second-order valence-electron chi connectivity index (χ2n) is 4.81. The van der Waals surface area contributed by atoms with Crippen LogP contribution in [0.4, 0.5) is 5.69 Å². The molecule has 2 rings (SSSR count). The molecule has 1 heterocycles. The molecule has 0 aliphatic carbocycles. The van der Waals surface area contributed by atoms with Crippen LogP contribution in [0.1, 0.15) is 12.8 Å². The Balaban J connectivity index is 2.17. The molecule has 1 aliphatic heterocycles. The first-order valence-electron chi connectivity index (χ1n) is 6.11. The molecule has 1 saturated heterocycles. The fourth-order valence-corrected chi connectivity index (χ4v) is 3.71. The first-order valence-corrected chi connectivity index (χ1v) is 7.97. The predicted octanol–water partition coefficient (Wildman–Crippen LogP) is 0.821. The Bertz CT molecular complexity index is 633. The van der Waals surface area contributed by atoms with Crippen molar-refractivity contribution < 1.29 is 13.2 Å². The lowest BCUT2D eigenvalue weighted by Crippen LogP contribution is -2.48. The highest BCUT2D eigenvalue weighted by Gasteiger charge is 2.28. The summed E-state index contributed by atoms with van der Waals surface area (Å²) in [5.74, 6) is 0.0199. The van der Waals surface area contributed by atoms with Gasteiger partial charge in [-0.05, 0) is 24.6 Å². The van der Waals surface area contributed by atoms with E-state index in [-0.39, 0.29) is 22.5 Å². The fraction of sp³-hybridized carbons (Fsp3) is 0.417. The minimum atomic E-state index is -3.72. The number of nitrogens with two attached hydrogens (primary N) is 1. The van der Waals surface area contributed by atoms with Gasteiger partial charge in [0.15, 0.2) is 0 Å². The molecular weight excluding hydrogens is 302 g/mol. The van der Waals surface area contributed by atoms with E-state index in [4.69, 9.17) is 17.3 Å². The molecule has 1 amide bonds. The lowest BCUT2D eigenvalue weighted by Gasteiger charge is -2.30. The standard InChI is InChI=1S/C12H16ClN3O3S/c1-16-7-9(3-5-12(16)17)15-20(18,19)11-4-2-8(13)6-10(11)14/h2,4,6,9,15H,3,5,7,14H2,1H3. The normalized spacial score (nSPS) is 20.2. The highest BCUT2D eigenvalue weighted by Crippen LogP contribution is 2.23. The lowest BCUT2D eigenvalue weighted by molar-refractivity contribution is -0.132. The summed E-state index contributed by atoms with van der Waals surface area (Å²) in [4.78, 5) is 12.9. The quantitative estimate of drug-likeness (QED) is 0.807. The van der Waals surface area contributed by atoms with Gasteiger partial charge in [-0.25, -0.2) is 13.1 Å². The van der Waals surface area contributed by atoms with Crippen molar-refractivity contribution in [2.24, 2.45) is 0 Å². The maximum atomic E-state index is 12.3. The number of likely N-dealkylation sites (N-methyl/N-ethyl adjacent to an activating group) is 1. The minimum absolute atomic E-state index is 0.00135. The van der Waals surface area contributed by atoms with Gasteiger partial charge in [-0.3, -0.25) is 4.79 Å². The number of carbonyl (C=O) groups is 1. The highest BCUT2D eigenvalue weighted by molar-refractivity contribution is 7.89. The van der Waals surface area contributed by atoms with Crippen molar-refractivity contribution in [1.82, 2.24) is 9.62 Å². The van der Waals surface area contributed by atoms with Gasteiger partial charge in [0.25, 0.3) is 0 Å². The molecule has 0 spiro atoms. The smallest absolute Gasteiger partial charge is 0.242 e. The van der Waals surface area contributed by atoms with Crippen molar-refractivity contribution in [3.63, 3.8) is 0 Å². The second kappa shape index (κ2) is 5.59. The topological polar surface area (TPSA) is 92.5 Å². The summed E-state index contributed by atoms with van der Waals surface area (Å²) in [6.07, 6.45) is 0.815. The summed E-state index contributed by atoms with van der Waals surface area (Å²) < 4.78 is 27.1. The number of hydrogen-bond donors (Lipinski definition) is 2. The average Bonchev–Trinajstić information content (AvgIpc) is 2.33. The van der Waals surface area contributed by atoms with Crippen LogP contribution in [0.5, 0.6) is 0 Å². The molecule has 1 atom stereocenters. The van der Waals surface area contributed by atoms with Gasteiger partial charge in [0, 0.05) is 31.1 Å². The number of halogens is 1. The Labute approximate surface area is 122 Å². The summed E-state index contributed by atoms with van der Waals surface area (Å²) in [6.45, 7) is 0.353. The van der Waals surface area contributed by atoms with Crippen molar-refractivity contribution in [2.75, 3.05) is 19.3 Å². The summed E-state index contributed by atoms with van der Waals surface area (Å²) in [5, 5.41) is 0.379. The Morgan fingerprint density at radius 1 is 1.45 bits per heavy atom. The third-order valence-electron chi connectivity index (χ3n) is 3.21. The number of piperidine rings is 1. The molecule has 3 N–H and O–H groups in total.